The number of rotatable bonds is 9. The van der Waals surface area contributed by atoms with Gasteiger partial charge in [-0.15, -0.1) is 0 Å². The van der Waals surface area contributed by atoms with Crippen molar-refractivity contribution >= 4 is 29.2 Å². The summed E-state index contributed by atoms with van der Waals surface area (Å²) in [5.74, 6) is -12.2. The quantitative estimate of drug-likeness (QED) is 0.256. The second-order valence-corrected chi connectivity index (χ2v) is 9.47. The normalized spacial score (nSPS) is 12.8. The van der Waals surface area contributed by atoms with E-state index in [9.17, 15) is 36.7 Å². The molecule has 0 radical (unpaired) electrons. The van der Waals surface area contributed by atoms with Gasteiger partial charge < -0.3 is 20.7 Å². The van der Waals surface area contributed by atoms with Crippen LogP contribution in [0.5, 0.6) is 5.75 Å². The highest BCUT2D eigenvalue weighted by atomic mass is 19.2. The molecule has 0 unspecified atom stereocenters. The molecule has 0 aliphatic carbocycles. The number of amides is 3. The fourth-order valence-electron chi connectivity index (χ4n) is 3.38. The number of ketones is 1. The van der Waals surface area contributed by atoms with Gasteiger partial charge in [0.2, 0.25) is 17.5 Å². The lowest BCUT2D eigenvalue weighted by molar-refractivity contribution is -0.138. The topological polar surface area (TPSA) is 114 Å². The summed E-state index contributed by atoms with van der Waals surface area (Å²) in [7, 11) is 0. The van der Waals surface area contributed by atoms with Crippen LogP contribution in [0.15, 0.2) is 30.3 Å². The average Bonchev–Trinajstić information content (AvgIpc) is 2.85. The molecule has 0 saturated heterocycles. The minimum absolute atomic E-state index is 0.00624. The molecule has 0 aliphatic rings. The van der Waals surface area contributed by atoms with Gasteiger partial charge in [0.25, 0.3) is 0 Å². The van der Waals surface area contributed by atoms with E-state index in [4.69, 9.17) is 0 Å². The Morgan fingerprint density at radius 3 is 2.05 bits per heavy atom. The zero-order chi connectivity index (χ0) is 28.8. The van der Waals surface area contributed by atoms with E-state index < -0.39 is 71.2 Å². The Balaban J connectivity index is 1.97. The summed E-state index contributed by atoms with van der Waals surface area (Å²) in [6.07, 6.45) is 0.0150. The van der Waals surface area contributed by atoms with Crippen LogP contribution in [0.3, 0.4) is 0 Å². The maximum atomic E-state index is 13.7. The number of carbonyl (C=O) groups is 4. The Labute approximate surface area is 217 Å². The highest BCUT2D eigenvalue weighted by Gasteiger charge is 2.27. The van der Waals surface area contributed by atoms with Crippen molar-refractivity contribution < 1.29 is 41.5 Å². The van der Waals surface area contributed by atoms with Crippen molar-refractivity contribution in [1.29, 1.82) is 0 Å². The molecule has 206 valence electrons. The van der Waals surface area contributed by atoms with E-state index in [0.717, 1.165) is 5.56 Å². The van der Waals surface area contributed by atoms with Crippen molar-refractivity contribution in [2.24, 2.45) is 0 Å². The Morgan fingerprint density at radius 2 is 1.50 bits per heavy atom. The summed E-state index contributed by atoms with van der Waals surface area (Å²) in [6.45, 7) is 7.58. The van der Waals surface area contributed by atoms with Crippen LogP contribution in [0.2, 0.25) is 0 Å². The maximum absolute atomic E-state index is 13.7. The second kappa shape index (κ2) is 12.5. The molecule has 0 fully saturated rings. The summed E-state index contributed by atoms with van der Waals surface area (Å²) < 4.78 is 58.8. The van der Waals surface area contributed by atoms with E-state index in [2.05, 4.69) is 20.7 Å². The molecule has 3 amide bonds. The van der Waals surface area contributed by atoms with E-state index >= 15 is 0 Å². The van der Waals surface area contributed by atoms with Gasteiger partial charge in [-0.2, -0.15) is 8.78 Å². The number of nitrogens with one attached hydrogen (secondary N) is 3. The second-order valence-electron chi connectivity index (χ2n) is 9.47. The number of benzene rings is 2. The standard InChI is InChI=1S/C26H29F4N3O5/c1-6-17(19(34)12-38-22-20(29)15(27)11-16(28)21(22)30)32-23(35)13(2)31-24(36)25(37)33-18-10-8-7-9-14(18)26(3,4)5/h7-11,13,17H,6,12H2,1-5H3,(H,31,36)(H,32,35)(H,33,37)/t13-,17-/m0/s1. The Bertz CT molecular complexity index is 1200. The predicted octanol–water partition coefficient (Wildman–Crippen LogP) is 3.53. The third-order valence-electron chi connectivity index (χ3n) is 5.47. The molecule has 0 aromatic heterocycles. The predicted molar refractivity (Wildman–Crippen MR) is 130 cm³/mol. The van der Waals surface area contributed by atoms with Crippen LogP contribution in [0.4, 0.5) is 23.2 Å². The number of hydrogen-bond donors (Lipinski definition) is 3. The van der Waals surface area contributed by atoms with E-state index in [-0.39, 0.29) is 17.9 Å². The fraction of sp³-hybridized carbons (Fsp3) is 0.385. The minimum Gasteiger partial charge on any atom is -0.479 e. The SMILES string of the molecule is CC[C@H](NC(=O)[C@H](C)NC(=O)C(=O)Nc1ccccc1C(C)(C)C)C(=O)COc1c(F)c(F)cc(F)c1F. The lowest BCUT2D eigenvalue weighted by Crippen LogP contribution is -2.52. The lowest BCUT2D eigenvalue weighted by Gasteiger charge is -2.23. The molecule has 2 aromatic carbocycles. The molecular formula is C26H29F4N3O5. The molecule has 2 rings (SSSR count). The van der Waals surface area contributed by atoms with Crippen molar-refractivity contribution in [2.75, 3.05) is 11.9 Å². The van der Waals surface area contributed by atoms with Gasteiger partial charge in [-0.1, -0.05) is 45.9 Å². The Kier molecular flexibility index (Phi) is 9.97. The van der Waals surface area contributed by atoms with Crippen LogP contribution in [-0.4, -0.2) is 42.2 Å². The number of ether oxygens (including phenoxy) is 1. The van der Waals surface area contributed by atoms with Crippen molar-refractivity contribution in [3.05, 3.63) is 59.2 Å². The van der Waals surface area contributed by atoms with Gasteiger partial charge in [0.1, 0.15) is 12.6 Å². The van der Waals surface area contributed by atoms with Gasteiger partial charge in [0, 0.05) is 11.8 Å². The van der Waals surface area contributed by atoms with E-state index in [1.165, 1.54) is 13.8 Å². The molecule has 0 spiro atoms. The minimum atomic E-state index is -1.81. The van der Waals surface area contributed by atoms with Crippen LogP contribution in [0.25, 0.3) is 0 Å². The van der Waals surface area contributed by atoms with E-state index in [1.54, 1.807) is 18.2 Å². The van der Waals surface area contributed by atoms with Crippen molar-refractivity contribution in [2.45, 2.75) is 58.5 Å². The summed E-state index contributed by atoms with van der Waals surface area (Å²) in [6, 6.07) is 4.45. The van der Waals surface area contributed by atoms with Crippen LogP contribution in [-0.2, 0) is 24.6 Å². The molecule has 38 heavy (non-hydrogen) atoms. The van der Waals surface area contributed by atoms with Gasteiger partial charge in [0.15, 0.2) is 23.2 Å². The molecule has 12 heteroatoms. The molecule has 2 atom stereocenters. The zero-order valence-electron chi connectivity index (χ0n) is 21.5. The number of anilines is 1. The third-order valence-corrected chi connectivity index (χ3v) is 5.47. The molecular weight excluding hydrogens is 510 g/mol. The van der Waals surface area contributed by atoms with Crippen LogP contribution in [0, 0.1) is 23.3 Å². The molecule has 2 aromatic rings. The first-order valence-corrected chi connectivity index (χ1v) is 11.7. The summed E-state index contributed by atoms with van der Waals surface area (Å²) in [5, 5.41) is 7.06. The van der Waals surface area contributed by atoms with Crippen molar-refractivity contribution in [3.8, 4) is 5.75 Å². The molecule has 3 N–H and O–H groups in total. The molecule has 0 bridgehead atoms. The zero-order valence-corrected chi connectivity index (χ0v) is 21.5. The van der Waals surface area contributed by atoms with Gasteiger partial charge in [-0.3, -0.25) is 19.2 Å². The number of Topliss-reactive ketones (excluding diaryl/α,β-unsaturated/α-hetero) is 1. The summed E-state index contributed by atoms with van der Waals surface area (Å²) in [4.78, 5) is 49.7. The Morgan fingerprint density at radius 1 is 0.921 bits per heavy atom. The first kappa shape index (κ1) is 30.3. The first-order chi connectivity index (χ1) is 17.7. The largest absolute Gasteiger partial charge is 0.479 e. The van der Waals surface area contributed by atoms with Crippen LogP contribution >= 0.6 is 0 Å². The van der Waals surface area contributed by atoms with Crippen LogP contribution < -0.4 is 20.7 Å². The van der Waals surface area contributed by atoms with E-state index in [1.807, 2.05) is 26.8 Å². The summed E-state index contributed by atoms with van der Waals surface area (Å²) >= 11 is 0. The van der Waals surface area contributed by atoms with E-state index in [0.29, 0.717) is 5.69 Å². The molecule has 0 heterocycles. The van der Waals surface area contributed by atoms with Crippen LogP contribution in [0.1, 0.15) is 46.6 Å². The van der Waals surface area contributed by atoms with Gasteiger partial charge in [0.05, 0.1) is 6.04 Å². The fourth-order valence-corrected chi connectivity index (χ4v) is 3.38. The maximum Gasteiger partial charge on any atom is 0.313 e. The van der Waals surface area contributed by atoms with Gasteiger partial charge in [-0.25, -0.2) is 8.78 Å². The number of para-hydroxylation sites is 1. The molecule has 0 aliphatic heterocycles. The first-order valence-electron chi connectivity index (χ1n) is 11.7. The third kappa shape index (κ3) is 7.53. The number of carbonyl (C=O) groups excluding carboxylic acids is 4. The van der Waals surface area contributed by atoms with Gasteiger partial charge in [-0.05, 0) is 30.4 Å². The smallest absolute Gasteiger partial charge is 0.313 e. The Hall–Kier alpha value is -3.96. The number of halogens is 4. The number of hydrogen-bond acceptors (Lipinski definition) is 5. The van der Waals surface area contributed by atoms with Gasteiger partial charge >= 0.3 is 11.8 Å². The highest BCUT2D eigenvalue weighted by molar-refractivity contribution is 6.40. The van der Waals surface area contributed by atoms with Crippen molar-refractivity contribution in [3.63, 3.8) is 0 Å². The monoisotopic (exact) mass is 539 g/mol. The lowest BCUT2D eigenvalue weighted by atomic mass is 9.86. The average molecular weight is 540 g/mol. The highest BCUT2D eigenvalue weighted by Crippen LogP contribution is 2.29. The molecule has 0 saturated carbocycles. The summed E-state index contributed by atoms with van der Waals surface area (Å²) in [5.41, 5.74) is 0.901. The molecule has 8 nitrogen and oxygen atoms in total. The van der Waals surface area contributed by atoms with Crippen molar-refractivity contribution in [1.82, 2.24) is 10.6 Å².